The van der Waals surface area contributed by atoms with Gasteiger partial charge in [-0.3, -0.25) is 4.79 Å². The van der Waals surface area contributed by atoms with E-state index in [4.69, 9.17) is 9.26 Å². The van der Waals surface area contributed by atoms with Crippen LogP contribution < -0.4 is 0 Å². The summed E-state index contributed by atoms with van der Waals surface area (Å²) in [5, 5.41) is 3.91. The maximum Gasteiger partial charge on any atom is 0.276 e. The van der Waals surface area contributed by atoms with Gasteiger partial charge < -0.3 is 24.0 Å². The van der Waals surface area contributed by atoms with E-state index in [2.05, 4.69) is 26.9 Å². The van der Waals surface area contributed by atoms with E-state index >= 15 is 0 Å². The quantitative estimate of drug-likeness (QED) is 0.854. The minimum Gasteiger partial charge on any atom is -0.367 e. The van der Waals surface area contributed by atoms with Crippen LogP contribution in [0.25, 0.3) is 0 Å². The van der Waals surface area contributed by atoms with Gasteiger partial charge in [0, 0.05) is 37.5 Å². The molecular formula is C17H25N5O3. The van der Waals surface area contributed by atoms with E-state index in [1.54, 1.807) is 11.0 Å². The first-order valence-corrected chi connectivity index (χ1v) is 8.61. The van der Waals surface area contributed by atoms with Crippen molar-refractivity contribution in [1.82, 2.24) is 24.9 Å². The lowest BCUT2D eigenvalue weighted by Crippen LogP contribution is -2.42. The number of carbonyl (C=O) groups excluding carboxylic acids is 1. The number of ether oxygens (including phenoxy) is 1. The standard InChI is InChI=1S/C17H25N5O3/c1-4-5-13-8-14(20-25-13)17(23)22-6-7-24-15(11-22)16-18-9-12(19-16)10-21(2)3/h8-9,15H,4-7,10-11H2,1-3H3,(H,18,19). The van der Waals surface area contributed by atoms with Gasteiger partial charge in [-0.15, -0.1) is 0 Å². The summed E-state index contributed by atoms with van der Waals surface area (Å²) in [7, 11) is 4.01. The van der Waals surface area contributed by atoms with Crippen molar-refractivity contribution in [2.24, 2.45) is 0 Å². The van der Waals surface area contributed by atoms with Crippen LogP contribution in [0.15, 0.2) is 16.8 Å². The zero-order valence-electron chi connectivity index (χ0n) is 15.0. The van der Waals surface area contributed by atoms with Crippen molar-refractivity contribution >= 4 is 5.91 Å². The monoisotopic (exact) mass is 347 g/mol. The van der Waals surface area contributed by atoms with Crippen LogP contribution in [-0.2, 0) is 17.7 Å². The number of nitrogens with one attached hydrogen (secondary N) is 1. The van der Waals surface area contributed by atoms with Crippen molar-refractivity contribution in [1.29, 1.82) is 0 Å². The highest BCUT2D eigenvalue weighted by Crippen LogP contribution is 2.21. The first-order chi connectivity index (χ1) is 12.1. The molecule has 0 saturated carbocycles. The maximum absolute atomic E-state index is 12.7. The molecule has 0 spiro atoms. The van der Waals surface area contributed by atoms with Crippen molar-refractivity contribution in [3.8, 4) is 0 Å². The number of aromatic nitrogens is 3. The number of aryl methyl sites for hydroxylation is 1. The molecule has 0 bridgehead atoms. The summed E-state index contributed by atoms with van der Waals surface area (Å²) in [5.41, 5.74) is 1.38. The van der Waals surface area contributed by atoms with E-state index in [-0.39, 0.29) is 12.0 Å². The summed E-state index contributed by atoms with van der Waals surface area (Å²) in [6, 6.07) is 1.73. The Balaban J connectivity index is 1.65. The van der Waals surface area contributed by atoms with E-state index in [0.717, 1.165) is 36.7 Å². The fourth-order valence-electron chi connectivity index (χ4n) is 2.90. The topological polar surface area (TPSA) is 87.5 Å². The third-order valence-corrected chi connectivity index (χ3v) is 4.07. The Morgan fingerprint density at radius 1 is 1.48 bits per heavy atom. The SMILES string of the molecule is CCCc1cc(C(=O)N2CCOC(c3ncc(CN(C)C)[nH]3)C2)no1. The fourth-order valence-corrected chi connectivity index (χ4v) is 2.90. The molecule has 1 fully saturated rings. The van der Waals surface area contributed by atoms with Gasteiger partial charge in [-0.2, -0.15) is 0 Å². The minimum absolute atomic E-state index is 0.125. The van der Waals surface area contributed by atoms with Crippen molar-refractivity contribution in [2.45, 2.75) is 32.4 Å². The van der Waals surface area contributed by atoms with Crippen molar-refractivity contribution in [2.75, 3.05) is 33.8 Å². The average Bonchev–Trinajstić information content (AvgIpc) is 3.24. The molecule has 1 atom stereocenters. The Labute approximate surface area is 147 Å². The molecule has 3 rings (SSSR count). The van der Waals surface area contributed by atoms with Crippen LogP contribution in [0, 0.1) is 0 Å². The van der Waals surface area contributed by atoms with Crippen LogP contribution in [0.2, 0.25) is 0 Å². The Morgan fingerprint density at radius 2 is 2.32 bits per heavy atom. The number of hydrogen-bond acceptors (Lipinski definition) is 6. The first kappa shape index (κ1) is 17.6. The highest BCUT2D eigenvalue weighted by Gasteiger charge is 2.29. The number of nitrogens with zero attached hydrogens (tertiary/aromatic N) is 4. The van der Waals surface area contributed by atoms with Crippen LogP contribution in [0.4, 0.5) is 0 Å². The third kappa shape index (κ3) is 4.26. The highest BCUT2D eigenvalue weighted by molar-refractivity contribution is 5.92. The number of morpholine rings is 1. The summed E-state index contributed by atoms with van der Waals surface area (Å²) >= 11 is 0. The van der Waals surface area contributed by atoms with E-state index in [1.165, 1.54) is 0 Å². The predicted octanol–water partition coefficient (Wildman–Crippen LogP) is 1.63. The smallest absolute Gasteiger partial charge is 0.276 e. The third-order valence-electron chi connectivity index (χ3n) is 4.07. The molecule has 2 aromatic rings. The molecule has 1 unspecified atom stereocenters. The first-order valence-electron chi connectivity index (χ1n) is 8.61. The molecule has 1 saturated heterocycles. The van der Waals surface area contributed by atoms with Gasteiger partial charge in [0.15, 0.2) is 5.69 Å². The molecule has 3 heterocycles. The fraction of sp³-hybridized carbons (Fsp3) is 0.588. The van der Waals surface area contributed by atoms with Crippen molar-refractivity contribution in [3.05, 3.63) is 35.2 Å². The van der Waals surface area contributed by atoms with E-state index in [1.807, 2.05) is 20.3 Å². The predicted molar refractivity (Wildman–Crippen MR) is 91.1 cm³/mol. The number of H-pyrrole nitrogens is 1. The molecular weight excluding hydrogens is 322 g/mol. The minimum atomic E-state index is -0.254. The number of imidazole rings is 1. The van der Waals surface area contributed by atoms with Crippen LogP contribution in [-0.4, -0.2) is 64.6 Å². The molecule has 8 nitrogen and oxygen atoms in total. The van der Waals surface area contributed by atoms with Gasteiger partial charge in [-0.25, -0.2) is 4.98 Å². The van der Waals surface area contributed by atoms with Crippen LogP contribution in [0.3, 0.4) is 0 Å². The van der Waals surface area contributed by atoms with E-state index < -0.39 is 0 Å². The van der Waals surface area contributed by atoms with Gasteiger partial charge in [0.1, 0.15) is 17.7 Å². The van der Waals surface area contributed by atoms with Crippen molar-refractivity contribution < 1.29 is 14.1 Å². The average molecular weight is 347 g/mol. The largest absolute Gasteiger partial charge is 0.367 e. The van der Waals surface area contributed by atoms with E-state index in [9.17, 15) is 4.79 Å². The summed E-state index contributed by atoms with van der Waals surface area (Å²) in [4.78, 5) is 24.2. The molecule has 1 N–H and O–H groups in total. The number of carbonyl (C=O) groups is 1. The summed E-state index contributed by atoms with van der Waals surface area (Å²) < 4.78 is 11.0. The number of hydrogen-bond donors (Lipinski definition) is 1. The second-order valence-corrected chi connectivity index (χ2v) is 6.57. The molecule has 0 aliphatic carbocycles. The lowest BCUT2D eigenvalue weighted by atomic mass is 10.2. The Kier molecular flexibility index (Phi) is 5.50. The van der Waals surface area contributed by atoms with Gasteiger partial charge in [0.25, 0.3) is 5.91 Å². The zero-order chi connectivity index (χ0) is 17.8. The Hall–Kier alpha value is -2.19. The summed E-state index contributed by atoms with van der Waals surface area (Å²) in [5.74, 6) is 1.37. The highest BCUT2D eigenvalue weighted by atomic mass is 16.5. The van der Waals surface area contributed by atoms with E-state index in [0.29, 0.717) is 25.4 Å². The molecule has 8 heteroatoms. The number of aromatic amines is 1. The molecule has 0 aromatic carbocycles. The molecule has 0 radical (unpaired) electrons. The summed E-state index contributed by atoms with van der Waals surface area (Å²) in [6.45, 7) is 4.30. The number of rotatable bonds is 6. The molecule has 25 heavy (non-hydrogen) atoms. The van der Waals surface area contributed by atoms with Gasteiger partial charge >= 0.3 is 0 Å². The second-order valence-electron chi connectivity index (χ2n) is 6.57. The van der Waals surface area contributed by atoms with Crippen molar-refractivity contribution in [3.63, 3.8) is 0 Å². The Bertz CT molecular complexity index is 709. The number of amides is 1. The van der Waals surface area contributed by atoms with Crippen LogP contribution in [0.5, 0.6) is 0 Å². The van der Waals surface area contributed by atoms with Crippen LogP contribution >= 0.6 is 0 Å². The molecule has 1 aliphatic rings. The van der Waals surface area contributed by atoms with Gasteiger partial charge in [0.05, 0.1) is 13.2 Å². The molecule has 136 valence electrons. The second kappa shape index (κ2) is 7.79. The summed E-state index contributed by atoms with van der Waals surface area (Å²) in [6.07, 6.45) is 3.30. The van der Waals surface area contributed by atoms with Gasteiger partial charge in [-0.1, -0.05) is 12.1 Å². The zero-order valence-corrected chi connectivity index (χ0v) is 15.0. The van der Waals surface area contributed by atoms with Crippen LogP contribution in [0.1, 0.15) is 47.2 Å². The van der Waals surface area contributed by atoms with Gasteiger partial charge in [0.2, 0.25) is 0 Å². The molecule has 1 amide bonds. The maximum atomic E-state index is 12.7. The normalized spacial score (nSPS) is 18.1. The lowest BCUT2D eigenvalue weighted by molar-refractivity contribution is -0.0268. The molecule has 2 aromatic heterocycles. The lowest BCUT2D eigenvalue weighted by Gasteiger charge is -2.31. The Morgan fingerprint density at radius 3 is 3.08 bits per heavy atom. The van der Waals surface area contributed by atoms with Gasteiger partial charge in [-0.05, 0) is 20.5 Å². The molecule has 1 aliphatic heterocycles.